The second-order valence-corrected chi connectivity index (χ2v) is 6.38. The van der Waals surface area contributed by atoms with Crippen LogP contribution in [0.3, 0.4) is 0 Å². The first-order valence-corrected chi connectivity index (χ1v) is 7.67. The molecule has 0 aliphatic rings. The summed E-state index contributed by atoms with van der Waals surface area (Å²) in [4.78, 5) is 0.0306. The highest BCUT2D eigenvalue weighted by atomic mass is 35.5. The molecular formula is C12H18ClNO3S. The monoisotopic (exact) mass is 291 g/mol. The minimum Gasteiger partial charge on any atom is -0.391 e. The van der Waals surface area contributed by atoms with Gasteiger partial charge in [0.05, 0.1) is 11.1 Å². The van der Waals surface area contributed by atoms with Gasteiger partial charge in [0.1, 0.15) is 4.90 Å². The fourth-order valence-corrected chi connectivity index (χ4v) is 2.98. The second kappa shape index (κ2) is 6.52. The van der Waals surface area contributed by atoms with E-state index < -0.39 is 16.1 Å². The van der Waals surface area contributed by atoms with Crippen LogP contribution >= 0.6 is 11.6 Å². The Morgan fingerprint density at radius 1 is 1.39 bits per heavy atom. The van der Waals surface area contributed by atoms with Gasteiger partial charge in [0.15, 0.2) is 0 Å². The van der Waals surface area contributed by atoms with Crippen LogP contribution in [0.25, 0.3) is 0 Å². The Hall–Kier alpha value is -0.620. The Kier molecular flexibility index (Phi) is 5.59. The SMILES string of the molecule is CCC(C)C(O)CNS(=O)(=O)c1ccccc1Cl. The minimum atomic E-state index is -3.67. The molecule has 102 valence electrons. The minimum absolute atomic E-state index is 0.0113. The lowest BCUT2D eigenvalue weighted by atomic mass is 10.0. The molecule has 0 bridgehead atoms. The number of aliphatic hydroxyl groups excluding tert-OH is 1. The molecule has 0 amide bonds. The van der Waals surface area contributed by atoms with Gasteiger partial charge in [0.25, 0.3) is 0 Å². The predicted octanol–water partition coefficient (Wildman–Crippen LogP) is 2.03. The summed E-state index contributed by atoms with van der Waals surface area (Å²) in [5.41, 5.74) is 0. The summed E-state index contributed by atoms with van der Waals surface area (Å²) in [5, 5.41) is 9.91. The van der Waals surface area contributed by atoms with Crippen LogP contribution in [0, 0.1) is 5.92 Å². The van der Waals surface area contributed by atoms with Crippen LogP contribution in [0.1, 0.15) is 20.3 Å². The van der Waals surface area contributed by atoms with E-state index >= 15 is 0 Å². The molecule has 6 heteroatoms. The molecule has 1 rings (SSSR count). The lowest BCUT2D eigenvalue weighted by Gasteiger charge is -2.17. The van der Waals surface area contributed by atoms with Gasteiger partial charge in [-0.15, -0.1) is 0 Å². The number of rotatable bonds is 6. The van der Waals surface area contributed by atoms with Crippen LogP contribution in [-0.2, 0) is 10.0 Å². The summed E-state index contributed by atoms with van der Waals surface area (Å²) in [6, 6.07) is 6.21. The first-order valence-electron chi connectivity index (χ1n) is 5.80. The van der Waals surface area contributed by atoms with Crippen LogP contribution in [0.2, 0.25) is 5.02 Å². The average molecular weight is 292 g/mol. The molecule has 0 heterocycles. The van der Waals surface area contributed by atoms with Gasteiger partial charge in [-0.05, 0) is 18.1 Å². The van der Waals surface area contributed by atoms with Crippen LogP contribution in [0.15, 0.2) is 29.2 Å². The van der Waals surface area contributed by atoms with Crippen LogP contribution in [-0.4, -0.2) is 26.2 Å². The maximum Gasteiger partial charge on any atom is 0.242 e. The van der Waals surface area contributed by atoms with Crippen molar-refractivity contribution in [2.45, 2.75) is 31.3 Å². The zero-order valence-corrected chi connectivity index (χ0v) is 12.0. The zero-order chi connectivity index (χ0) is 13.8. The topological polar surface area (TPSA) is 66.4 Å². The maximum atomic E-state index is 12.0. The first kappa shape index (κ1) is 15.4. The van der Waals surface area contributed by atoms with Crippen molar-refractivity contribution < 1.29 is 13.5 Å². The van der Waals surface area contributed by atoms with Gasteiger partial charge in [0.2, 0.25) is 10.0 Å². The molecule has 0 saturated carbocycles. The first-order chi connectivity index (χ1) is 8.38. The largest absolute Gasteiger partial charge is 0.391 e. The second-order valence-electron chi connectivity index (χ2n) is 4.24. The third kappa shape index (κ3) is 3.95. The molecule has 0 spiro atoms. The highest BCUT2D eigenvalue weighted by Gasteiger charge is 2.20. The molecule has 0 radical (unpaired) electrons. The molecule has 0 aromatic heterocycles. The molecule has 0 aliphatic heterocycles. The predicted molar refractivity (Wildman–Crippen MR) is 72.1 cm³/mol. The Morgan fingerprint density at radius 3 is 2.56 bits per heavy atom. The summed E-state index contributed by atoms with van der Waals surface area (Å²) < 4.78 is 26.3. The van der Waals surface area contributed by atoms with E-state index in [1.165, 1.54) is 12.1 Å². The molecule has 0 saturated heterocycles. The van der Waals surface area contributed by atoms with Crippen molar-refractivity contribution in [2.24, 2.45) is 5.92 Å². The average Bonchev–Trinajstić information content (AvgIpc) is 2.35. The van der Waals surface area contributed by atoms with Gasteiger partial charge in [0, 0.05) is 6.54 Å². The molecule has 4 nitrogen and oxygen atoms in total. The van der Waals surface area contributed by atoms with E-state index in [1.807, 2.05) is 13.8 Å². The smallest absolute Gasteiger partial charge is 0.242 e. The fraction of sp³-hybridized carbons (Fsp3) is 0.500. The van der Waals surface area contributed by atoms with Crippen molar-refractivity contribution in [3.63, 3.8) is 0 Å². The lowest BCUT2D eigenvalue weighted by molar-refractivity contribution is 0.118. The molecule has 0 fully saturated rings. The Bertz CT molecular complexity index is 490. The van der Waals surface area contributed by atoms with E-state index in [2.05, 4.69) is 4.72 Å². The van der Waals surface area contributed by atoms with Crippen LogP contribution < -0.4 is 4.72 Å². The quantitative estimate of drug-likeness (QED) is 0.843. The zero-order valence-electron chi connectivity index (χ0n) is 10.4. The van der Waals surface area contributed by atoms with Crippen LogP contribution in [0.4, 0.5) is 0 Å². The fourth-order valence-electron chi connectivity index (χ4n) is 1.41. The Morgan fingerprint density at radius 2 is 2.00 bits per heavy atom. The summed E-state index contributed by atoms with van der Waals surface area (Å²) >= 11 is 5.83. The number of hydrogen-bond donors (Lipinski definition) is 2. The molecule has 1 aromatic carbocycles. The molecule has 0 aliphatic carbocycles. The van der Waals surface area contributed by atoms with Gasteiger partial charge in [-0.3, -0.25) is 0 Å². The van der Waals surface area contributed by atoms with Crippen molar-refractivity contribution in [2.75, 3.05) is 6.54 Å². The van der Waals surface area contributed by atoms with Gasteiger partial charge in [-0.25, -0.2) is 13.1 Å². The van der Waals surface area contributed by atoms with E-state index in [4.69, 9.17) is 11.6 Å². The summed E-state index contributed by atoms with van der Waals surface area (Å²) in [7, 11) is -3.67. The van der Waals surface area contributed by atoms with E-state index in [0.717, 1.165) is 6.42 Å². The van der Waals surface area contributed by atoms with E-state index in [9.17, 15) is 13.5 Å². The maximum absolute atomic E-state index is 12.0. The van der Waals surface area contributed by atoms with Gasteiger partial charge in [-0.1, -0.05) is 44.0 Å². The summed E-state index contributed by atoms with van der Waals surface area (Å²) in [5.74, 6) is 0.0407. The van der Waals surface area contributed by atoms with Gasteiger partial charge < -0.3 is 5.11 Å². The molecule has 18 heavy (non-hydrogen) atoms. The number of aliphatic hydroxyl groups is 1. The van der Waals surface area contributed by atoms with Gasteiger partial charge >= 0.3 is 0 Å². The van der Waals surface area contributed by atoms with E-state index in [0.29, 0.717) is 0 Å². The number of sulfonamides is 1. The summed E-state index contributed by atoms with van der Waals surface area (Å²) in [6.45, 7) is 3.80. The van der Waals surface area contributed by atoms with Gasteiger partial charge in [-0.2, -0.15) is 0 Å². The standard InChI is InChI=1S/C12H18ClNO3S/c1-3-9(2)11(15)8-14-18(16,17)12-7-5-4-6-10(12)13/h4-7,9,11,14-15H,3,8H2,1-2H3. The molecule has 1 aromatic rings. The number of halogens is 1. The van der Waals surface area contributed by atoms with Crippen molar-refractivity contribution in [3.8, 4) is 0 Å². The molecule has 2 atom stereocenters. The summed E-state index contributed by atoms with van der Waals surface area (Å²) in [6.07, 6.45) is 0.0851. The molecule has 2 unspecified atom stereocenters. The molecular weight excluding hydrogens is 274 g/mol. The third-order valence-corrected chi connectivity index (χ3v) is 4.83. The highest BCUT2D eigenvalue weighted by molar-refractivity contribution is 7.89. The molecule has 2 N–H and O–H groups in total. The van der Waals surface area contributed by atoms with E-state index in [-0.39, 0.29) is 22.4 Å². The van der Waals surface area contributed by atoms with Crippen molar-refractivity contribution in [3.05, 3.63) is 29.3 Å². The lowest BCUT2D eigenvalue weighted by Crippen LogP contribution is -2.35. The highest BCUT2D eigenvalue weighted by Crippen LogP contribution is 2.20. The normalized spacial score (nSPS) is 15.3. The van der Waals surface area contributed by atoms with Crippen molar-refractivity contribution in [1.29, 1.82) is 0 Å². The van der Waals surface area contributed by atoms with Crippen LogP contribution in [0.5, 0.6) is 0 Å². The number of nitrogens with one attached hydrogen (secondary N) is 1. The number of hydrogen-bond acceptors (Lipinski definition) is 3. The number of benzene rings is 1. The Balaban J connectivity index is 2.75. The third-order valence-electron chi connectivity index (χ3n) is 2.91. The van der Waals surface area contributed by atoms with Crippen molar-refractivity contribution in [1.82, 2.24) is 4.72 Å². The van der Waals surface area contributed by atoms with Crippen molar-refractivity contribution >= 4 is 21.6 Å². The Labute approximate surface area is 113 Å². The van der Waals surface area contributed by atoms with E-state index in [1.54, 1.807) is 12.1 Å².